The second kappa shape index (κ2) is 6.21. The molecule has 0 atom stereocenters. The summed E-state index contributed by atoms with van der Waals surface area (Å²) in [7, 11) is 0. The monoisotopic (exact) mass is 307 g/mol. The van der Waals surface area contributed by atoms with Gasteiger partial charge in [-0.3, -0.25) is 10.1 Å². The Morgan fingerprint density at radius 3 is 2.50 bits per heavy atom. The molecule has 1 aliphatic carbocycles. The van der Waals surface area contributed by atoms with E-state index in [2.05, 4.69) is 15.6 Å². The lowest BCUT2D eigenvalue weighted by molar-refractivity contribution is -0.114. The molecule has 1 aliphatic rings. The quantitative estimate of drug-likeness (QED) is 0.892. The number of amides is 2. The van der Waals surface area contributed by atoms with Crippen molar-refractivity contribution >= 4 is 23.5 Å². The highest BCUT2D eigenvalue weighted by Crippen LogP contribution is 2.33. The Hall–Kier alpha value is -2.31. The van der Waals surface area contributed by atoms with Crippen LogP contribution in [0.15, 0.2) is 12.3 Å². The first kappa shape index (κ1) is 16.1. The van der Waals surface area contributed by atoms with Crippen LogP contribution >= 0.6 is 0 Å². The molecule has 1 fully saturated rings. The molecule has 2 rings (SSSR count). The second-order valence-electron chi connectivity index (χ2n) is 6.19. The fraction of sp³-hybridized carbons (Fsp3) is 0.533. The van der Waals surface area contributed by atoms with Crippen LogP contribution in [0.4, 0.5) is 16.3 Å². The minimum atomic E-state index is -0.602. The second-order valence-corrected chi connectivity index (χ2v) is 6.19. The van der Waals surface area contributed by atoms with Crippen molar-refractivity contribution in [1.29, 1.82) is 0 Å². The molecule has 2 amide bonds. The van der Waals surface area contributed by atoms with Crippen LogP contribution in [0.3, 0.4) is 0 Å². The summed E-state index contributed by atoms with van der Waals surface area (Å²) in [5.74, 6) is 0.552. The van der Waals surface area contributed by atoms with Gasteiger partial charge in [-0.2, -0.15) is 0 Å². The van der Waals surface area contributed by atoms with Gasteiger partial charge < -0.3 is 14.8 Å². The zero-order valence-electron chi connectivity index (χ0n) is 13.2. The topological polar surface area (TPSA) is 89.6 Å². The number of rotatable bonds is 4. The number of nitrogens with zero attached hydrogens (tertiary/aromatic N) is 1. The van der Waals surface area contributed by atoms with Crippen molar-refractivity contribution in [3.05, 3.63) is 12.3 Å². The number of anilines is 2. The van der Waals surface area contributed by atoms with E-state index in [-0.39, 0.29) is 12.0 Å². The van der Waals surface area contributed by atoms with Gasteiger partial charge in [0, 0.05) is 13.0 Å². The molecule has 22 heavy (non-hydrogen) atoms. The van der Waals surface area contributed by atoms with Crippen LogP contribution in [0.5, 0.6) is 5.75 Å². The molecule has 0 saturated heterocycles. The van der Waals surface area contributed by atoms with E-state index < -0.39 is 11.7 Å². The molecule has 1 heterocycles. The van der Waals surface area contributed by atoms with E-state index in [1.54, 1.807) is 26.8 Å². The van der Waals surface area contributed by atoms with Crippen LogP contribution in [0.25, 0.3) is 0 Å². The van der Waals surface area contributed by atoms with Crippen LogP contribution in [0.2, 0.25) is 0 Å². The lowest BCUT2D eigenvalue weighted by Gasteiger charge is -2.20. The molecule has 0 aromatic carbocycles. The van der Waals surface area contributed by atoms with Gasteiger partial charge in [-0.15, -0.1) is 0 Å². The number of ether oxygens (including phenoxy) is 2. The van der Waals surface area contributed by atoms with Gasteiger partial charge in [0.05, 0.1) is 18.0 Å². The van der Waals surface area contributed by atoms with Crippen molar-refractivity contribution in [2.75, 3.05) is 10.6 Å². The third-order valence-corrected chi connectivity index (χ3v) is 2.63. The predicted molar refractivity (Wildman–Crippen MR) is 82.0 cm³/mol. The molecule has 0 bridgehead atoms. The molecule has 7 nitrogen and oxygen atoms in total. The Kier molecular flexibility index (Phi) is 4.54. The first-order chi connectivity index (χ1) is 10.2. The molecule has 0 spiro atoms. The Morgan fingerprint density at radius 2 is 1.95 bits per heavy atom. The maximum absolute atomic E-state index is 11.9. The van der Waals surface area contributed by atoms with E-state index in [0.29, 0.717) is 17.3 Å². The maximum Gasteiger partial charge on any atom is 0.412 e. The number of aromatic nitrogens is 1. The summed E-state index contributed by atoms with van der Waals surface area (Å²) in [5, 5.41) is 5.20. The van der Waals surface area contributed by atoms with Crippen LogP contribution in [0, 0.1) is 0 Å². The maximum atomic E-state index is 11.9. The van der Waals surface area contributed by atoms with Crippen molar-refractivity contribution in [1.82, 2.24) is 4.98 Å². The predicted octanol–water partition coefficient (Wildman–Crippen LogP) is 2.93. The highest BCUT2D eigenvalue weighted by atomic mass is 16.6. The number of carbonyl (C=O) groups is 2. The van der Waals surface area contributed by atoms with Gasteiger partial charge in [-0.1, -0.05) is 0 Å². The highest BCUT2D eigenvalue weighted by Gasteiger charge is 2.26. The average molecular weight is 307 g/mol. The summed E-state index contributed by atoms with van der Waals surface area (Å²) in [6, 6.07) is 1.54. The summed E-state index contributed by atoms with van der Waals surface area (Å²) in [6.45, 7) is 6.73. The normalized spacial score (nSPS) is 14.2. The summed E-state index contributed by atoms with van der Waals surface area (Å²) in [6.07, 6.45) is 3.02. The van der Waals surface area contributed by atoms with Gasteiger partial charge in [0.25, 0.3) is 0 Å². The van der Waals surface area contributed by atoms with Crippen molar-refractivity contribution in [2.45, 2.75) is 52.2 Å². The molecule has 1 aromatic heterocycles. The Bertz CT molecular complexity index is 577. The van der Waals surface area contributed by atoms with E-state index in [1.165, 1.54) is 13.1 Å². The first-order valence-electron chi connectivity index (χ1n) is 7.17. The van der Waals surface area contributed by atoms with E-state index in [1.807, 2.05) is 0 Å². The summed E-state index contributed by atoms with van der Waals surface area (Å²) in [4.78, 5) is 27.1. The molecule has 7 heteroatoms. The van der Waals surface area contributed by atoms with Crippen molar-refractivity contribution < 1.29 is 19.1 Å². The molecule has 0 unspecified atom stereocenters. The molecule has 120 valence electrons. The minimum absolute atomic E-state index is 0.160. The Balaban J connectivity index is 2.16. The zero-order valence-corrected chi connectivity index (χ0v) is 13.2. The zero-order chi connectivity index (χ0) is 16.3. The van der Waals surface area contributed by atoms with Gasteiger partial charge >= 0.3 is 6.09 Å². The smallest absolute Gasteiger partial charge is 0.412 e. The molecular weight excluding hydrogens is 286 g/mol. The number of hydrogen-bond donors (Lipinski definition) is 2. The largest absolute Gasteiger partial charge is 0.487 e. The molecule has 0 aliphatic heterocycles. The first-order valence-corrected chi connectivity index (χ1v) is 7.17. The van der Waals surface area contributed by atoms with Gasteiger partial charge in [0.1, 0.15) is 11.4 Å². The number of nitrogens with one attached hydrogen (secondary N) is 2. The molecule has 0 radical (unpaired) electrons. The summed E-state index contributed by atoms with van der Waals surface area (Å²) >= 11 is 0. The lowest BCUT2D eigenvalue weighted by Crippen LogP contribution is -2.27. The fourth-order valence-electron chi connectivity index (χ4n) is 1.66. The molecule has 2 N–H and O–H groups in total. The Morgan fingerprint density at radius 1 is 1.27 bits per heavy atom. The van der Waals surface area contributed by atoms with Gasteiger partial charge in [0.15, 0.2) is 5.75 Å². The van der Waals surface area contributed by atoms with Crippen molar-refractivity contribution in [3.63, 3.8) is 0 Å². The number of carbonyl (C=O) groups excluding carboxylic acids is 2. The fourth-order valence-corrected chi connectivity index (χ4v) is 1.66. The van der Waals surface area contributed by atoms with Gasteiger partial charge in [-0.05, 0) is 33.6 Å². The van der Waals surface area contributed by atoms with Crippen LogP contribution in [-0.4, -0.2) is 28.7 Å². The average Bonchev–Trinajstić information content (AvgIpc) is 3.13. The van der Waals surface area contributed by atoms with E-state index in [4.69, 9.17) is 9.47 Å². The van der Waals surface area contributed by atoms with Crippen LogP contribution < -0.4 is 15.4 Å². The number of pyridine rings is 1. The lowest BCUT2D eigenvalue weighted by atomic mass is 10.2. The van der Waals surface area contributed by atoms with E-state index >= 15 is 0 Å². The third-order valence-electron chi connectivity index (χ3n) is 2.63. The molecular formula is C15H21N3O4. The number of hydrogen-bond acceptors (Lipinski definition) is 5. The van der Waals surface area contributed by atoms with E-state index in [0.717, 1.165) is 12.8 Å². The minimum Gasteiger partial charge on any atom is -0.487 e. The highest BCUT2D eigenvalue weighted by molar-refractivity contribution is 5.91. The third kappa shape index (κ3) is 5.23. The Labute approximate surface area is 129 Å². The van der Waals surface area contributed by atoms with Crippen molar-refractivity contribution in [2.24, 2.45) is 0 Å². The molecule has 1 saturated carbocycles. The van der Waals surface area contributed by atoms with Crippen molar-refractivity contribution in [3.8, 4) is 5.75 Å². The summed E-state index contributed by atoms with van der Waals surface area (Å²) < 4.78 is 10.9. The standard InChI is InChI=1S/C15H21N3O4/c1-9(19)17-13-7-11(18-14(20)22-15(2,3)4)12(8-16-13)21-10-5-6-10/h7-8,10H,5-6H2,1-4H3,(H2,16,17,18,19,20). The van der Waals surface area contributed by atoms with Crippen LogP contribution in [0.1, 0.15) is 40.5 Å². The summed E-state index contributed by atoms with van der Waals surface area (Å²) in [5.41, 5.74) is -0.186. The van der Waals surface area contributed by atoms with Gasteiger partial charge in [-0.25, -0.2) is 9.78 Å². The van der Waals surface area contributed by atoms with E-state index in [9.17, 15) is 9.59 Å². The SMILES string of the molecule is CC(=O)Nc1cc(NC(=O)OC(C)(C)C)c(OC2CC2)cn1. The van der Waals surface area contributed by atoms with Gasteiger partial charge in [0.2, 0.25) is 5.91 Å². The van der Waals surface area contributed by atoms with Crippen LogP contribution in [-0.2, 0) is 9.53 Å². The molecule has 1 aromatic rings.